The van der Waals surface area contributed by atoms with Crippen molar-refractivity contribution in [2.45, 2.75) is 46.5 Å². The average molecular weight is 879 g/mol. The fraction of sp³-hybridized carbons (Fsp3) is 0.432. The van der Waals surface area contributed by atoms with Gasteiger partial charge >= 0.3 is 5.97 Å². The third kappa shape index (κ3) is 7.52. The van der Waals surface area contributed by atoms with Crippen molar-refractivity contribution in [3.05, 3.63) is 83.2 Å². The van der Waals surface area contributed by atoms with E-state index >= 15 is 0 Å². The van der Waals surface area contributed by atoms with Gasteiger partial charge < -0.3 is 53.6 Å². The minimum Gasteiger partial charge on any atom is -0.496 e. The van der Waals surface area contributed by atoms with Crippen LogP contribution < -0.4 is 20.1 Å². The minimum atomic E-state index is -1.78. The van der Waals surface area contributed by atoms with E-state index in [1.807, 2.05) is 0 Å². The molecule has 0 aliphatic carbocycles. The van der Waals surface area contributed by atoms with Crippen LogP contribution in [0.4, 0.5) is 0 Å². The lowest BCUT2D eigenvalue weighted by Crippen LogP contribution is -2.87. The van der Waals surface area contributed by atoms with Gasteiger partial charge in [0.05, 0.1) is 38.6 Å². The molecule has 2 aromatic heterocycles. The summed E-state index contributed by atoms with van der Waals surface area (Å²) in [5.41, 5.74) is -1.52. The van der Waals surface area contributed by atoms with Crippen LogP contribution in [0.1, 0.15) is 20.7 Å². The van der Waals surface area contributed by atoms with Crippen molar-refractivity contribution in [2.75, 3.05) is 53.2 Å². The number of nitrogens with one attached hydrogen (secondary N) is 2. The molecule has 2 aromatic carbocycles. The molecule has 61 heavy (non-hydrogen) atoms. The normalized spacial score (nSPS) is 25.1. The highest BCUT2D eigenvalue weighted by molar-refractivity contribution is 7.99. The first-order chi connectivity index (χ1) is 29.6. The van der Waals surface area contributed by atoms with Crippen molar-refractivity contribution < 1.29 is 47.5 Å². The number of benzene rings is 2. The Hall–Kier alpha value is -5.79. The molecule has 4 aromatic rings. The first-order valence-electron chi connectivity index (χ1n) is 18.7. The van der Waals surface area contributed by atoms with Crippen molar-refractivity contribution in [1.82, 2.24) is 60.8 Å². The molecule has 8 rings (SSSR count). The maximum Gasteiger partial charge on any atom is 0.336 e. The van der Waals surface area contributed by atoms with Crippen LogP contribution in [0, 0.1) is 0 Å². The standard InChI is InChI=1S/C37H42N12O10S2/c1-46-34(40-42-44-46)60-19-21-15-48-27(36(55-5,31(48)57-17-21)38-28(50)23-11-7-9-13-25(23)53-3)30(52)59-33-37(56-6,39-29(51)24-12-8-10-14-26(24)54-4)32-49(33)16-22(18-58-32)20-61-35-41-43-45-47(35)2/h7-16,27,31-33H,17-20H2,1-6H3,(H,38,50)(H,39,51)/t27?,31-,32-,33?,36-,37-/m1/s1. The number of carbonyl (C=O) groups is 3. The molecule has 6 heterocycles. The van der Waals surface area contributed by atoms with Crippen molar-refractivity contribution in [1.29, 1.82) is 0 Å². The molecule has 2 unspecified atom stereocenters. The molecule has 0 bridgehead atoms. The molecule has 0 saturated carbocycles. The SMILES string of the molecule is COc1ccccc1C(=O)N[C@]1(OC)C(OC(=O)C2N3C=C(CSc4nnnn4C)CO[C@@H]3[C@]2(NC(=O)c2ccccc2OC)OC)N2C=C(CSc3nnnn3C)CO[C@@H]21. The fourth-order valence-electron chi connectivity index (χ4n) is 7.51. The molecule has 2 amide bonds. The number of amides is 2. The van der Waals surface area contributed by atoms with E-state index in [1.54, 1.807) is 94.2 Å². The van der Waals surface area contributed by atoms with Crippen molar-refractivity contribution in [2.24, 2.45) is 14.1 Å². The predicted molar refractivity (Wildman–Crippen MR) is 212 cm³/mol. The Morgan fingerprint density at radius 3 is 1.67 bits per heavy atom. The molecule has 24 heteroatoms. The molecule has 0 radical (unpaired) electrons. The smallest absolute Gasteiger partial charge is 0.336 e. The van der Waals surface area contributed by atoms with Crippen molar-refractivity contribution >= 4 is 41.3 Å². The van der Waals surface area contributed by atoms with Gasteiger partial charge in [-0.3, -0.25) is 9.59 Å². The summed E-state index contributed by atoms with van der Waals surface area (Å²) < 4.78 is 45.3. The molecule has 322 valence electrons. The number of methoxy groups -OCH3 is 4. The van der Waals surface area contributed by atoms with Gasteiger partial charge in [0.25, 0.3) is 11.8 Å². The zero-order valence-corrected chi connectivity index (χ0v) is 35.4. The number of fused-ring (bicyclic) bond motifs is 2. The Kier molecular flexibility index (Phi) is 11.9. The van der Waals surface area contributed by atoms with Gasteiger partial charge in [-0.1, -0.05) is 47.8 Å². The lowest BCUT2D eigenvalue weighted by atomic mass is 9.86. The van der Waals surface area contributed by atoms with E-state index in [1.165, 1.54) is 52.0 Å². The van der Waals surface area contributed by atoms with E-state index in [0.717, 1.165) is 11.1 Å². The van der Waals surface area contributed by atoms with Crippen molar-refractivity contribution in [3.8, 4) is 11.5 Å². The second-order valence-electron chi connectivity index (χ2n) is 14.0. The number of hydrogen-bond donors (Lipinski definition) is 2. The summed E-state index contributed by atoms with van der Waals surface area (Å²) in [6.07, 6.45) is 0.356. The highest BCUT2D eigenvalue weighted by atomic mass is 32.2. The Morgan fingerprint density at radius 1 is 0.721 bits per heavy atom. The summed E-state index contributed by atoms with van der Waals surface area (Å²) in [6.45, 7) is 0.299. The minimum absolute atomic E-state index is 0.143. The van der Waals surface area contributed by atoms with Crippen LogP contribution in [0.25, 0.3) is 0 Å². The third-order valence-electron chi connectivity index (χ3n) is 10.5. The topological polar surface area (TPSA) is 234 Å². The summed E-state index contributed by atoms with van der Waals surface area (Å²) in [5.74, 6) is -0.543. The Labute approximate surface area is 357 Å². The summed E-state index contributed by atoms with van der Waals surface area (Å²) in [4.78, 5) is 46.3. The maximum absolute atomic E-state index is 15.0. The van der Waals surface area contributed by atoms with Crippen LogP contribution in [0.5, 0.6) is 11.5 Å². The van der Waals surface area contributed by atoms with Crippen LogP contribution >= 0.6 is 23.5 Å². The zero-order chi connectivity index (χ0) is 42.9. The number of tetrazole rings is 2. The zero-order valence-electron chi connectivity index (χ0n) is 33.8. The molecule has 2 fully saturated rings. The highest BCUT2D eigenvalue weighted by Gasteiger charge is 2.71. The predicted octanol–water partition coefficient (Wildman–Crippen LogP) is 0.530. The van der Waals surface area contributed by atoms with E-state index in [4.69, 9.17) is 33.2 Å². The number of ether oxygens (including phenoxy) is 7. The number of para-hydroxylation sites is 2. The van der Waals surface area contributed by atoms with E-state index in [9.17, 15) is 14.4 Å². The second kappa shape index (κ2) is 17.3. The van der Waals surface area contributed by atoms with Gasteiger partial charge in [-0.2, -0.15) is 0 Å². The van der Waals surface area contributed by atoms with Gasteiger partial charge in [-0.25, -0.2) is 14.2 Å². The highest BCUT2D eigenvalue weighted by Crippen LogP contribution is 2.47. The maximum atomic E-state index is 15.0. The summed E-state index contributed by atoms with van der Waals surface area (Å²) in [6, 6.07) is 12.0. The molecule has 2 saturated heterocycles. The number of rotatable bonds is 16. The largest absolute Gasteiger partial charge is 0.496 e. The second-order valence-corrected chi connectivity index (χ2v) is 15.9. The molecule has 4 aliphatic heterocycles. The molecule has 2 N–H and O–H groups in total. The van der Waals surface area contributed by atoms with E-state index in [2.05, 4.69) is 41.7 Å². The number of aromatic nitrogens is 8. The molecular weight excluding hydrogens is 837 g/mol. The number of hydrogen-bond acceptors (Lipinski definition) is 20. The molecule has 6 atom stereocenters. The summed E-state index contributed by atoms with van der Waals surface area (Å²) in [5, 5.41) is 30.3. The Balaban J connectivity index is 1.13. The number of aryl methyl sites for hydroxylation is 2. The van der Waals surface area contributed by atoms with Gasteiger partial charge in [-0.05, 0) is 56.3 Å². The lowest BCUT2D eigenvalue weighted by molar-refractivity contribution is -0.361. The van der Waals surface area contributed by atoms with E-state index < -0.39 is 54.0 Å². The quantitative estimate of drug-likeness (QED) is 0.0888. The van der Waals surface area contributed by atoms with Crippen molar-refractivity contribution in [3.63, 3.8) is 0 Å². The number of thioether (sulfide) groups is 2. The van der Waals surface area contributed by atoms with E-state index in [0.29, 0.717) is 33.3 Å². The monoisotopic (exact) mass is 878 g/mol. The Morgan fingerprint density at radius 2 is 1.20 bits per heavy atom. The number of carbonyl (C=O) groups excluding carboxylic acids is 3. The van der Waals surface area contributed by atoms with Gasteiger partial charge in [0.15, 0.2) is 18.5 Å². The van der Waals surface area contributed by atoms with Crippen LogP contribution in [-0.2, 0) is 42.6 Å². The van der Waals surface area contributed by atoms with Gasteiger partial charge in [0.1, 0.15) is 11.5 Å². The first kappa shape index (κ1) is 41.9. The third-order valence-corrected chi connectivity index (χ3v) is 12.8. The number of nitrogens with zero attached hydrogens (tertiary/aromatic N) is 10. The van der Waals surface area contributed by atoms with Gasteiger partial charge in [0, 0.05) is 52.2 Å². The molecule has 22 nitrogen and oxygen atoms in total. The first-order valence-corrected chi connectivity index (χ1v) is 20.6. The lowest BCUT2D eigenvalue weighted by Gasteiger charge is -2.63. The van der Waals surface area contributed by atoms with Gasteiger partial charge in [-0.15, -0.1) is 10.2 Å². The summed E-state index contributed by atoms with van der Waals surface area (Å²) in [7, 11) is 9.11. The van der Waals surface area contributed by atoms with Crippen LogP contribution in [-0.4, -0.2) is 157 Å². The Bertz CT molecular complexity index is 2360. The average Bonchev–Trinajstić information content (AvgIpc) is 3.90. The summed E-state index contributed by atoms with van der Waals surface area (Å²) >= 11 is 2.76. The number of esters is 1. The van der Waals surface area contributed by atoms with E-state index in [-0.39, 0.29) is 24.3 Å². The molecule has 0 spiro atoms. The van der Waals surface area contributed by atoms with Crippen LogP contribution in [0.2, 0.25) is 0 Å². The molecule has 4 aliphatic rings. The van der Waals surface area contributed by atoms with Gasteiger partial charge in [0.2, 0.25) is 28.0 Å². The molecular formula is C37H42N12O10S2. The van der Waals surface area contributed by atoms with Crippen LogP contribution in [0.3, 0.4) is 0 Å². The fourth-order valence-corrected chi connectivity index (χ4v) is 9.09. The van der Waals surface area contributed by atoms with Crippen LogP contribution in [0.15, 0.2) is 82.4 Å².